The number of nitrogen functional groups attached to an aromatic ring is 1. The molecule has 2 N–H and O–H groups in total. The van der Waals surface area contributed by atoms with Crippen LogP contribution >= 0.6 is 0 Å². The number of benzene rings is 3. The smallest absolute Gasteiger partial charge is 0.409 e. The van der Waals surface area contributed by atoms with E-state index in [1.165, 1.54) is 27.8 Å². The molecular formula is C26H26N2O2. The second-order valence-electron chi connectivity index (χ2n) is 8.23. The highest BCUT2D eigenvalue weighted by atomic mass is 16.6. The molecule has 0 bridgehead atoms. The average Bonchev–Trinajstić information content (AvgIpc) is 3.12. The van der Waals surface area contributed by atoms with Gasteiger partial charge in [0.05, 0.1) is 0 Å². The predicted molar refractivity (Wildman–Crippen MR) is 119 cm³/mol. The number of rotatable bonds is 3. The summed E-state index contributed by atoms with van der Waals surface area (Å²) in [5.74, 6) is 0.580. The first-order valence-electron chi connectivity index (χ1n) is 10.7. The van der Waals surface area contributed by atoms with Crippen LogP contribution in [0.25, 0.3) is 11.1 Å². The van der Waals surface area contributed by atoms with Crippen molar-refractivity contribution in [2.75, 3.05) is 25.4 Å². The van der Waals surface area contributed by atoms with E-state index in [1.807, 2.05) is 17.0 Å². The molecule has 0 aromatic heterocycles. The second kappa shape index (κ2) is 7.86. The van der Waals surface area contributed by atoms with Crippen molar-refractivity contribution in [3.8, 4) is 11.1 Å². The molecule has 30 heavy (non-hydrogen) atoms. The zero-order valence-corrected chi connectivity index (χ0v) is 17.0. The predicted octanol–water partition coefficient (Wildman–Crippen LogP) is 5.40. The standard InChI is InChI=1S/C26H26N2O2/c27-20-11-9-18(10-12-20)19-13-15-28(16-14-19)26(29)30-17-25-23-7-3-1-5-21(23)22-6-2-4-8-24(22)25/h1-12,19,25H,13-17,27H2. The first kappa shape index (κ1) is 18.7. The largest absolute Gasteiger partial charge is 0.448 e. The minimum absolute atomic E-state index is 0.105. The van der Waals surface area contributed by atoms with Crippen molar-refractivity contribution >= 4 is 11.8 Å². The maximum Gasteiger partial charge on any atom is 0.409 e. The van der Waals surface area contributed by atoms with Crippen LogP contribution in [-0.2, 0) is 4.74 Å². The minimum atomic E-state index is -0.201. The fraction of sp³-hybridized carbons (Fsp3) is 0.269. The summed E-state index contributed by atoms with van der Waals surface area (Å²) in [6, 6.07) is 24.9. The lowest BCUT2D eigenvalue weighted by Gasteiger charge is -2.32. The SMILES string of the molecule is Nc1ccc(C2CCN(C(=O)OCC3c4ccccc4-c4ccccc43)CC2)cc1. The minimum Gasteiger partial charge on any atom is -0.448 e. The second-order valence-corrected chi connectivity index (χ2v) is 8.23. The Hall–Kier alpha value is -3.27. The van der Waals surface area contributed by atoms with Crippen LogP contribution in [0.1, 0.15) is 41.4 Å². The van der Waals surface area contributed by atoms with Gasteiger partial charge in [0, 0.05) is 24.7 Å². The molecule has 1 aliphatic carbocycles. The van der Waals surface area contributed by atoms with Crippen LogP contribution in [-0.4, -0.2) is 30.7 Å². The van der Waals surface area contributed by atoms with E-state index < -0.39 is 0 Å². The van der Waals surface area contributed by atoms with Gasteiger partial charge in [-0.2, -0.15) is 0 Å². The van der Waals surface area contributed by atoms with Gasteiger partial charge in [-0.1, -0.05) is 60.7 Å². The number of anilines is 1. The number of nitrogens with zero attached hydrogens (tertiary/aromatic N) is 1. The van der Waals surface area contributed by atoms with Gasteiger partial charge in [0.15, 0.2) is 0 Å². The normalized spacial score (nSPS) is 16.2. The molecule has 4 heteroatoms. The third kappa shape index (κ3) is 3.43. The number of amides is 1. The molecule has 0 spiro atoms. The van der Waals surface area contributed by atoms with Crippen molar-refractivity contribution in [1.29, 1.82) is 0 Å². The molecular weight excluding hydrogens is 372 g/mol. The molecule has 0 unspecified atom stereocenters. The number of fused-ring (bicyclic) bond motifs is 3. The molecule has 4 nitrogen and oxygen atoms in total. The molecule has 5 rings (SSSR count). The van der Waals surface area contributed by atoms with E-state index in [0.29, 0.717) is 12.5 Å². The summed E-state index contributed by atoms with van der Waals surface area (Å²) in [6.45, 7) is 1.84. The van der Waals surface area contributed by atoms with Crippen molar-refractivity contribution in [1.82, 2.24) is 4.90 Å². The molecule has 3 aromatic rings. The van der Waals surface area contributed by atoms with Gasteiger partial charge in [-0.15, -0.1) is 0 Å². The van der Waals surface area contributed by atoms with Crippen LogP contribution in [0.2, 0.25) is 0 Å². The van der Waals surface area contributed by atoms with Crippen LogP contribution in [0.15, 0.2) is 72.8 Å². The van der Waals surface area contributed by atoms with Gasteiger partial charge >= 0.3 is 6.09 Å². The first-order valence-corrected chi connectivity index (χ1v) is 10.7. The number of ether oxygens (including phenoxy) is 1. The zero-order chi connectivity index (χ0) is 20.5. The lowest BCUT2D eigenvalue weighted by Crippen LogP contribution is -2.38. The molecule has 1 saturated heterocycles. The van der Waals surface area contributed by atoms with Crippen LogP contribution in [0.3, 0.4) is 0 Å². The zero-order valence-electron chi connectivity index (χ0n) is 17.0. The molecule has 0 saturated carbocycles. The Bertz CT molecular complexity index is 1010. The number of likely N-dealkylation sites (tertiary alicyclic amines) is 1. The summed E-state index contributed by atoms with van der Waals surface area (Å²) in [7, 11) is 0. The number of carbonyl (C=O) groups is 1. The molecule has 1 amide bonds. The molecule has 1 heterocycles. The van der Waals surface area contributed by atoms with Crippen LogP contribution in [0, 0.1) is 0 Å². The van der Waals surface area contributed by atoms with E-state index in [4.69, 9.17) is 10.5 Å². The molecule has 1 aliphatic heterocycles. The maximum atomic E-state index is 12.8. The van der Waals surface area contributed by atoms with E-state index >= 15 is 0 Å². The number of nitrogens with two attached hydrogens (primary N) is 1. The molecule has 152 valence electrons. The molecule has 2 aliphatic rings. The van der Waals surface area contributed by atoms with E-state index in [2.05, 4.69) is 60.7 Å². The highest BCUT2D eigenvalue weighted by Gasteiger charge is 2.30. The Morgan fingerprint density at radius 2 is 1.43 bits per heavy atom. The summed E-state index contributed by atoms with van der Waals surface area (Å²) >= 11 is 0. The number of carbonyl (C=O) groups excluding carboxylic acids is 1. The molecule has 3 aromatic carbocycles. The monoisotopic (exact) mass is 398 g/mol. The summed E-state index contributed by atoms with van der Waals surface area (Å²) in [5, 5.41) is 0. The van der Waals surface area contributed by atoms with E-state index in [-0.39, 0.29) is 12.0 Å². The topological polar surface area (TPSA) is 55.6 Å². The van der Waals surface area contributed by atoms with Crippen molar-refractivity contribution in [3.05, 3.63) is 89.5 Å². The van der Waals surface area contributed by atoms with Crippen molar-refractivity contribution in [2.24, 2.45) is 0 Å². The lowest BCUT2D eigenvalue weighted by atomic mass is 9.89. The number of piperidine rings is 1. The van der Waals surface area contributed by atoms with Gasteiger partial charge in [-0.05, 0) is 58.7 Å². The highest BCUT2D eigenvalue weighted by molar-refractivity contribution is 5.79. The fourth-order valence-corrected chi connectivity index (χ4v) is 4.85. The molecule has 0 atom stereocenters. The third-order valence-electron chi connectivity index (χ3n) is 6.50. The summed E-state index contributed by atoms with van der Waals surface area (Å²) < 4.78 is 5.81. The van der Waals surface area contributed by atoms with Gasteiger partial charge in [0.2, 0.25) is 0 Å². The van der Waals surface area contributed by atoms with Gasteiger partial charge in [0.1, 0.15) is 6.61 Å². The maximum absolute atomic E-state index is 12.8. The van der Waals surface area contributed by atoms with Crippen molar-refractivity contribution in [2.45, 2.75) is 24.7 Å². The Morgan fingerprint density at radius 3 is 2.03 bits per heavy atom. The average molecular weight is 399 g/mol. The Labute approximate surface area is 177 Å². The quantitative estimate of drug-likeness (QED) is 0.601. The van der Waals surface area contributed by atoms with Gasteiger partial charge < -0.3 is 15.4 Å². The first-order chi connectivity index (χ1) is 14.7. The Morgan fingerprint density at radius 1 is 0.867 bits per heavy atom. The number of hydrogen-bond acceptors (Lipinski definition) is 3. The van der Waals surface area contributed by atoms with Gasteiger partial charge in [0.25, 0.3) is 0 Å². The van der Waals surface area contributed by atoms with Crippen LogP contribution < -0.4 is 5.73 Å². The molecule has 0 radical (unpaired) electrons. The Kier molecular flexibility index (Phi) is 4.91. The lowest BCUT2D eigenvalue weighted by molar-refractivity contribution is 0.0904. The highest BCUT2D eigenvalue weighted by Crippen LogP contribution is 2.44. The van der Waals surface area contributed by atoms with Gasteiger partial charge in [-0.25, -0.2) is 4.79 Å². The van der Waals surface area contributed by atoms with Gasteiger partial charge in [-0.3, -0.25) is 0 Å². The fourth-order valence-electron chi connectivity index (χ4n) is 4.85. The molecule has 1 fully saturated rings. The van der Waals surface area contributed by atoms with E-state index in [9.17, 15) is 4.79 Å². The summed E-state index contributed by atoms with van der Waals surface area (Å²) in [4.78, 5) is 14.6. The third-order valence-corrected chi connectivity index (χ3v) is 6.50. The van der Waals surface area contributed by atoms with E-state index in [1.54, 1.807) is 0 Å². The summed E-state index contributed by atoms with van der Waals surface area (Å²) in [6.07, 6.45) is 1.70. The van der Waals surface area contributed by atoms with E-state index in [0.717, 1.165) is 31.6 Å². The van der Waals surface area contributed by atoms with Crippen molar-refractivity contribution in [3.63, 3.8) is 0 Å². The van der Waals surface area contributed by atoms with Crippen LogP contribution in [0.4, 0.5) is 10.5 Å². The Balaban J connectivity index is 1.22. The van der Waals surface area contributed by atoms with Crippen LogP contribution in [0.5, 0.6) is 0 Å². The number of hydrogen-bond donors (Lipinski definition) is 1. The summed E-state index contributed by atoms with van der Waals surface area (Å²) in [5.41, 5.74) is 12.9. The van der Waals surface area contributed by atoms with Crippen molar-refractivity contribution < 1.29 is 9.53 Å².